The minimum atomic E-state index is -1.19. The molecule has 126 valence electrons. The van der Waals surface area contributed by atoms with E-state index >= 15 is 0 Å². The predicted octanol–water partition coefficient (Wildman–Crippen LogP) is 1.81. The van der Waals surface area contributed by atoms with Gasteiger partial charge in [-0.25, -0.2) is 0 Å². The van der Waals surface area contributed by atoms with Crippen molar-refractivity contribution < 1.29 is 18.4 Å². The SMILES string of the molecule is CCCOc1c[nH]c(CS(=O)CC(OCC)OCC)cc1=O. The normalized spacial score (nSPS) is 12.5. The second-order valence-corrected chi connectivity index (χ2v) is 6.13. The van der Waals surface area contributed by atoms with Gasteiger partial charge in [-0.1, -0.05) is 6.92 Å². The van der Waals surface area contributed by atoms with E-state index in [-0.39, 0.29) is 22.7 Å². The summed E-state index contributed by atoms with van der Waals surface area (Å²) in [6, 6.07) is 1.43. The quantitative estimate of drug-likeness (QED) is 0.626. The predicted molar refractivity (Wildman–Crippen MR) is 86.6 cm³/mol. The van der Waals surface area contributed by atoms with Gasteiger partial charge >= 0.3 is 0 Å². The molecule has 0 bridgehead atoms. The molecule has 0 fully saturated rings. The Bertz CT molecular complexity index is 511. The topological polar surface area (TPSA) is 77.6 Å². The van der Waals surface area contributed by atoms with Gasteiger partial charge in [0, 0.05) is 42.0 Å². The highest BCUT2D eigenvalue weighted by Crippen LogP contribution is 2.07. The van der Waals surface area contributed by atoms with E-state index < -0.39 is 17.1 Å². The maximum atomic E-state index is 12.1. The Kier molecular flexibility index (Phi) is 9.03. The summed E-state index contributed by atoms with van der Waals surface area (Å²) < 4.78 is 28.2. The molecule has 1 atom stereocenters. The average molecular weight is 331 g/mol. The van der Waals surface area contributed by atoms with Gasteiger partial charge in [-0.3, -0.25) is 9.00 Å². The molecular weight excluding hydrogens is 306 g/mol. The summed E-state index contributed by atoms with van der Waals surface area (Å²) in [6.07, 6.45) is 1.88. The molecular formula is C15H25NO5S. The molecule has 1 rings (SSSR count). The van der Waals surface area contributed by atoms with Crippen LogP contribution in [0, 0.1) is 0 Å². The zero-order valence-electron chi connectivity index (χ0n) is 13.4. The van der Waals surface area contributed by atoms with Gasteiger partial charge in [-0.2, -0.15) is 0 Å². The molecule has 0 aliphatic heterocycles. The summed E-state index contributed by atoms with van der Waals surface area (Å²) in [5.41, 5.74) is 0.407. The van der Waals surface area contributed by atoms with E-state index in [1.54, 1.807) is 0 Å². The molecule has 0 aliphatic rings. The molecule has 1 aromatic heterocycles. The molecule has 6 nitrogen and oxygen atoms in total. The fourth-order valence-corrected chi connectivity index (χ4v) is 2.94. The summed E-state index contributed by atoms with van der Waals surface area (Å²) in [6.45, 7) is 7.20. The Balaban J connectivity index is 2.60. The van der Waals surface area contributed by atoms with Crippen LogP contribution in [0.25, 0.3) is 0 Å². The lowest BCUT2D eigenvalue weighted by atomic mass is 10.3. The third-order valence-electron chi connectivity index (χ3n) is 2.74. The Morgan fingerprint density at radius 1 is 1.23 bits per heavy atom. The van der Waals surface area contributed by atoms with E-state index in [1.165, 1.54) is 12.3 Å². The van der Waals surface area contributed by atoms with Crippen molar-refractivity contribution in [2.24, 2.45) is 0 Å². The Morgan fingerprint density at radius 3 is 2.45 bits per heavy atom. The molecule has 22 heavy (non-hydrogen) atoms. The lowest BCUT2D eigenvalue weighted by molar-refractivity contribution is -0.120. The number of H-pyrrole nitrogens is 1. The van der Waals surface area contributed by atoms with Gasteiger partial charge in [-0.05, 0) is 20.3 Å². The number of pyridine rings is 1. The first-order chi connectivity index (χ1) is 10.6. The number of aromatic nitrogens is 1. The van der Waals surface area contributed by atoms with Gasteiger partial charge in [0.2, 0.25) is 5.43 Å². The minimum Gasteiger partial charge on any atom is -0.488 e. The van der Waals surface area contributed by atoms with Crippen LogP contribution in [0.1, 0.15) is 32.9 Å². The van der Waals surface area contributed by atoms with Crippen molar-refractivity contribution in [3.8, 4) is 5.75 Å². The third kappa shape index (κ3) is 6.72. The van der Waals surface area contributed by atoms with E-state index in [4.69, 9.17) is 14.2 Å². The van der Waals surface area contributed by atoms with E-state index in [2.05, 4.69) is 4.98 Å². The van der Waals surface area contributed by atoms with Crippen LogP contribution in [0.15, 0.2) is 17.1 Å². The van der Waals surface area contributed by atoms with E-state index in [0.717, 1.165) is 6.42 Å². The molecule has 1 N–H and O–H groups in total. The Labute approximate surface area is 133 Å². The van der Waals surface area contributed by atoms with Crippen molar-refractivity contribution in [3.05, 3.63) is 28.2 Å². The standard InChI is InChI=1S/C15H25NO5S/c1-4-7-21-14-9-16-12(8-13(14)17)10-22(18)11-15(19-5-2)20-6-3/h8-9,15H,4-7,10-11H2,1-3H3,(H,16,17). The van der Waals surface area contributed by atoms with Crippen molar-refractivity contribution >= 4 is 10.8 Å². The molecule has 7 heteroatoms. The van der Waals surface area contributed by atoms with Crippen LogP contribution in [0.3, 0.4) is 0 Å². The first-order valence-electron chi connectivity index (χ1n) is 7.53. The fraction of sp³-hybridized carbons (Fsp3) is 0.667. The van der Waals surface area contributed by atoms with Crippen molar-refractivity contribution in [2.75, 3.05) is 25.6 Å². The van der Waals surface area contributed by atoms with Gasteiger partial charge in [-0.15, -0.1) is 0 Å². The molecule has 0 spiro atoms. The monoisotopic (exact) mass is 331 g/mol. The highest BCUT2D eigenvalue weighted by molar-refractivity contribution is 7.84. The molecule has 0 aromatic carbocycles. The van der Waals surface area contributed by atoms with Gasteiger partial charge < -0.3 is 19.2 Å². The number of hydrogen-bond acceptors (Lipinski definition) is 5. The highest BCUT2D eigenvalue weighted by Gasteiger charge is 2.14. The summed E-state index contributed by atoms with van der Waals surface area (Å²) in [5.74, 6) is 0.815. The second-order valence-electron chi connectivity index (χ2n) is 4.63. The summed E-state index contributed by atoms with van der Waals surface area (Å²) in [5, 5.41) is 0. The van der Waals surface area contributed by atoms with Gasteiger partial charge in [0.25, 0.3) is 0 Å². The number of ether oxygens (including phenoxy) is 3. The van der Waals surface area contributed by atoms with Crippen LogP contribution < -0.4 is 10.2 Å². The first-order valence-corrected chi connectivity index (χ1v) is 9.02. The van der Waals surface area contributed by atoms with Crippen LogP contribution in [0.4, 0.5) is 0 Å². The molecule has 0 amide bonds. The van der Waals surface area contributed by atoms with E-state index in [9.17, 15) is 9.00 Å². The smallest absolute Gasteiger partial charge is 0.223 e. The minimum absolute atomic E-state index is 0.203. The fourth-order valence-electron chi connectivity index (χ4n) is 1.81. The van der Waals surface area contributed by atoms with Crippen molar-refractivity contribution in [1.82, 2.24) is 4.98 Å². The van der Waals surface area contributed by atoms with Gasteiger partial charge in [0.15, 0.2) is 12.0 Å². The van der Waals surface area contributed by atoms with Crippen LogP contribution in [-0.2, 0) is 26.0 Å². The van der Waals surface area contributed by atoms with Crippen LogP contribution in [0.2, 0.25) is 0 Å². The maximum Gasteiger partial charge on any atom is 0.223 e. The molecule has 1 aromatic rings. The summed E-state index contributed by atoms with van der Waals surface area (Å²) >= 11 is 0. The zero-order chi connectivity index (χ0) is 16.4. The molecule has 0 aliphatic carbocycles. The van der Waals surface area contributed by atoms with Gasteiger partial charge in [0.1, 0.15) is 0 Å². The summed E-state index contributed by atoms with van der Waals surface area (Å²) in [4.78, 5) is 14.8. The molecule has 1 unspecified atom stereocenters. The van der Waals surface area contributed by atoms with Gasteiger partial charge in [0.05, 0.1) is 18.1 Å². The Morgan fingerprint density at radius 2 is 1.91 bits per heavy atom. The molecule has 1 heterocycles. The number of rotatable bonds is 11. The zero-order valence-corrected chi connectivity index (χ0v) is 14.2. The average Bonchev–Trinajstić information content (AvgIpc) is 2.47. The van der Waals surface area contributed by atoms with Crippen LogP contribution in [-0.4, -0.2) is 41.1 Å². The maximum absolute atomic E-state index is 12.1. The van der Waals surface area contributed by atoms with Crippen molar-refractivity contribution in [1.29, 1.82) is 0 Å². The lowest BCUT2D eigenvalue weighted by Gasteiger charge is -2.16. The van der Waals surface area contributed by atoms with Crippen molar-refractivity contribution in [3.63, 3.8) is 0 Å². The van der Waals surface area contributed by atoms with E-state index in [0.29, 0.717) is 25.5 Å². The lowest BCUT2D eigenvalue weighted by Crippen LogP contribution is -2.25. The first kappa shape index (κ1) is 18.9. The van der Waals surface area contributed by atoms with Crippen LogP contribution in [0.5, 0.6) is 5.75 Å². The number of nitrogens with one attached hydrogen (secondary N) is 1. The van der Waals surface area contributed by atoms with Crippen LogP contribution >= 0.6 is 0 Å². The molecule has 0 saturated heterocycles. The molecule has 0 radical (unpaired) electrons. The third-order valence-corrected chi connectivity index (χ3v) is 4.02. The van der Waals surface area contributed by atoms with Crippen molar-refractivity contribution in [2.45, 2.75) is 39.2 Å². The second kappa shape index (κ2) is 10.5. The Hall–Kier alpha value is -1.18. The molecule has 0 saturated carbocycles. The largest absolute Gasteiger partial charge is 0.488 e. The van der Waals surface area contributed by atoms with E-state index in [1.807, 2.05) is 20.8 Å². The summed E-state index contributed by atoms with van der Waals surface area (Å²) in [7, 11) is -1.19. The number of aromatic amines is 1. The number of hydrogen-bond donors (Lipinski definition) is 1. The highest BCUT2D eigenvalue weighted by atomic mass is 32.2.